The number of aromatic nitrogens is 2. The fourth-order valence-corrected chi connectivity index (χ4v) is 5.72. The van der Waals surface area contributed by atoms with Crippen molar-refractivity contribution in [3.05, 3.63) is 12.4 Å². The fraction of sp³-hybridized carbons (Fsp3) is 0.733. The first-order chi connectivity index (χ1) is 11.3. The van der Waals surface area contributed by atoms with Gasteiger partial charge in [-0.2, -0.15) is 9.40 Å². The van der Waals surface area contributed by atoms with Crippen LogP contribution < -0.4 is 4.90 Å². The highest BCUT2D eigenvalue weighted by Gasteiger charge is 2.52. The van der Waals surface area contributed by atoms with Crippen LogP contribution in [0, 0.1) is 0 Å². The van der Waals surface area contributed by atoms with Crippen molar-refractivity contribution in [2.24, 2.45) is 7.05 Å². The van der Waals surface area contributed by atoms with E-state index in [0.717, 1.165) is 24.9 Å². The third-order valence-corrected chi connectivity index (χ3v) is 7.89. The third kappa shape index (κ3) is 2.46. The molecule has 1 spiro atoms. The smallest absolute Gasteiger partial charge is 0.241 e. The predicted octanol–water partition coefficient (Wildman–Crippen LogP) is -0.365. The molecule has 0 bridgehead atoms. The van der Waals surface area contributed by atoms with E-state index in [0.29, 0.717) is 26.2 Å². The monoisotopic (exact) mass is 353 g/mol. The summed E-state index contributed by atoms with van der Waals surface area (Å²) >= 11 is 0. The lowest BCUT2D eigenvalue weighted by molar-refractivity contribution is -0.123. The Balaban J connectivity index is 1.59. The number of anilines is 1. The predicted molar refractivity (Wildman–Crippen MR) is 89.1 cm³/mol. The first-order valence-corrected chi connectivity index (χ1v) is 9.81. The van der Waals surface area contributed by atoms with Gasteiger partial charge in [0.2, 0.25) is 15.9 Å². The SMILES string of the molecule is CN1CC(=O)N(c2cnn(C)c2)C[C@]12CCN(S(=O)(=O)C1CC1)C2. The Labute approximate surface area is 142 Å². The zero-order chi connectivity index (χ0) is 17.1. The van der Waals surface area contributed by atoms with Crippen molar-refractivity contribution in [1.29, 1.82) is 0 Å². The van der Waals surface area contributed by atoms with E-state index in [9.17, 15) is 13.2 Å². The van der Waals surface area contributed by atoms with Crippen LogP contribution in [0.15, 0.2) is 12.4 Å². The van der Waals surface area contributed by atoms with E-state index >= 15 is 0 Å². The molecular weight excluding hydrogens is 330 g/mol. The maximum atomic E-state index is 12.6. The van der Waals surface area contributed by atoms with Gasteiger partial charge in [-0.05, 0) is 26.3 Å². The summed E-state index contributed by atoms with van der Waals surface area (Å²) in [5.41, 5.74) is 0.463. The Bertz CT molecular complexity index is 772. The van der Waals surface area contributed by atoms with Crippen molar-refractivity contribution in [3.8, 4) is 0 Å². The minimum Gasteiger partial charge on any atom is -0.306 e. The zero-order valence-corrected chi connectivity index (χ0v) is 14.9. The van der Waals surface area contributed by atoms with Crippen molar-refractivity contribution in [3.63, 3.8) is 0 Å². The summed E-state index contributed by atoms with van der Waals surface area (Å²) in [6.07, 6.45) is 5.82. The van der Waals surface area contributed by atoms with Gasteiger partial charge in [0.1, 0.15) is 0 Å². The summed E-state index contributed by atoms with van der Waals surface area (Å²) in [4.78, 5) is 16.2. The second-order valence-electron chi connectivity index (χ2n) is 7.26. The topological polar surface area (TPSA) is 78.8 Å². The van der Waals surface area contributed by atoms with E-state index in [1.165, 1.54) is 0 Å². The van der Waals surface area contributed by atoms with Crippen molar-refractivity contribution in [2.75, 3.05) is 38.1 Å². The lowest BCUT2D eigenvalue weighted by Gasteiger charge is -2.46. The van der Waals surface area contributed by atoms with E-state index in [1.54, 1.807) is 20.1 Å². The number of amides is 1. The highest BCUT2D eigenvalue weighted by molar-refractivity contribution is 7.90. The molecule has 2 aliphatic heterocycles. The second kappa shape index (κ2) is 5.27. The van der Waals surface area contributed by atoms with Gasteiger partial charge >= 0.3 is 0 Å². The van der Waals surface area contributed by atoms with Gasteiger partial charge in [0.15, 0.2) is 0 Å². The van der Waals surface area contributed by atoms with E-state index in [-0.39, 0.29) is 16.7 Å². The molecule has 3 aliphatic rings. The molecule has 24 heavy (non-hydrogen) atoms. The van der Waals surface area contributed by atoms with Crippen molar-refractivity contribution in [1.82, 2.24) is 19.0 Å². The number of carbonyl (C=O) groups excluding carboxylic acids is 1. The summed E-state index contributed by atoms with van der Waals surface area (Å²) in [6, 6.07) is 0. The van der Waals surface area contributed by atoms with Gasteiger partial charge in [-0.25, -0.2) is 8.42 Å². The number of piperazine rings is 1. The fourth-order valence-electron chi connectivity index (χ4n) is 3.80. The van der Waals surface area contributed by atoms with E-state index < -0.39 is 10.0 Å². The molecule has 1 amide bonds. The molecule has 1 atom stereocenters. The molecule has 4 rings (SSSR count). The lowest BCUT2D eigenvalue weighted by Crippen LogP contribution is -2.64. The maximum absolute atomic E-state index is 12.6. The van der Waals surface area contributed by atoms with Crippen molar-refractivity contribution >= 4 is 21.6 Å². The number of nitrogens with zero attached hydrogens (tertiary/aromatic N) is 5. The first-order valence-electron chi connectivity index (χ1n) is 8.31. The van der Waals surface area contributed by atoms with Crippen LogP contribution in [0.4, 0.5) is 5.69 Å². The van der Waals surface area contributed by atoms with Crippen LogP contribution in [0.25, 0.3) is 0 Å². The average Bonchev–Trinajstić information content (AvgIpc) is 3.17. The molecule has 1 aromatic heterocycles. The van der Waals surface area contributed by atoms with Gasteiger partial charge in [-0.1, -0.05) is 0 Å². The summed E-state index contributed by atoms with van der Waals surface area (Å²) in [5, 5.41) is 3.97. The molecule has 0 unspecified atom stereocenters. The number of sulfonamides is 1. The van der Waals surface area contributed by atoms with E-state index in [1.807, 2.05) is 25.2 Å². The van der Waals surface area contributed by atoms with Gasteiger partial charge in [-0.15, -0.1) is 0 Å². The minimum absolute atomic E-state index is 0.0274. The van der Waals surface area contributed by atoms with Gasteiger partial charge in [0, 0.05) is 32.9 Å². The largest absolute Gasteiger partial charge is 0.306 e. The standard InChI is InChI=1S/C15H23N5O3S/c1-17-9-14(21)20(12-7-16-18(2)8-12)11-15(17)5-6-19(10-15)24(22,23)13-3-4-13/h7-8,13H,3-6,9-11H2,1-2H3/t15-/m1/s1. The number of aryl methyl sites for hydroxylation is 1. The molecule has 0 aromatic carbocycles. The van der Waals surface area contributed by atoms with E-state index in [2.05, 4.69) is 5.10 Å². The van der Waals surface area contributed by atoms with E-state index in [4.69, 9.17) is 0 Å². The molecule has 2 saturated heterocycles. The Hall–Kier alpha value is -1.45. The number of rotatable bonds is 3. The summed E-state index contributed by atoms with van der Waals surface area (Å²) in [5.74, 6) is 0.0274. The molecule has 3 heterocycles. The molecular formula is C15H23N5O3S. The van der Waals surface area contributed by atoms with Crippen LogP contribution in [0.3, 0.4) is 0 Å². The first kappa shape index (κ1) is 16.0. The highest BCUT2D eigenvalue weighted by Crippen LogP contribution is 2.38. The van der Waals surface area contributed by atoms with Gasteiger partial charge in [0.25, 0.3) is 0 Å². The van der Waals surface area contributed by atoms with Crippen LogP contribution in [0.1, 0.15) is 19.3 Å². The maximum Gasteiger partial charge on any atom is 0.241 e. The van der Waals surface area contributed by atoms with Crippen LogP contribution in [-0.2, 0) is 21.9 Å². The third-order valence-electron chi connectivity index (χ3n) is 5.54. The van der Waals surface area contributed by atoms with Crippen molar-refractivity contribution in [2.45, 2.75) is 30.1 Å². The average molecular weight is 353 g/mol. The molecule has 1 aliphatic carbocycles. The van der Waals surface area contributed by atoms with Crippen LogP contribution >= 0.6 is 0 Å². The Morgan fingerprint density at radius 2 is 2.00 bits per heavy atom. The summed E-state index contributed by atoms with van der Waals surface area (Å²) in [7, 11) is 0.572. The van der Waals surface area contributed by atoms with Gasteiger partial charge in [-0.3, -0.25) is 14.4 Å². The lowest BCUT2D eigenvalue weighted by atomic mass is 9.93. The molecule has 132 valence electrons. The number of hydrogen-bond acceptors (Lipinski definition) is 5. The number of hydrogen-bond donors (Lipinski definition) is 0. The molecule has 1 saturated carbocycles. The quantitative estimate of drug-likeness (QED) is 0.741. The minimum atomic E-state index is -3.17. The molecule has 9 heteroatoms. The second-order valence-corrected chi connectivity index (χ2v) is 9.47. The van der Waals surface area contributed by atoms with Crippen LogP contribution in [0.2, 0.25) is 0 Å². The number of carbonyl (C=O) groups is 1. The molecule has 3 fully saturated rings. The van der Waals surface area contributed by atoms with Crippen LogP contribution in [0.5, 0.6) is 0 Å². The Kier molecular flexibility index (Phi) is 3.52. The Morgan fingerprint density at radius 1 is 1.25 bits per heavy atom. The molecule has 8 nitrogen and oxygen atoms in total. The normalized spacial score (nSPS) is 29.8. The Morgan fingerprint density at radius 3 is 2.62 bits per heavy atom. The summed E-state index contributed by atoms with van der Waals surface area (Å²) < 4.78 is 28.4. The summed E-state index contributed by atoms with van der Waals surface area (Å²) in [6.45, 7) is 1.81. The zero-order valence-electron chi connectivity index (χ0n) is 14.1. The van der Waals surface area contributed by atoms with Gasteiger partial charge < -0.3 is 4.90 Å². The van der Waals surface area contributed by atoms with Crippen LogP contribution in [-0.4, -0.2) is 77.3 Å². The molecule has 1 aromatic rings. The van der Waals surface area contributed by atoms with Crippen molar-refractivity contribution < 1.29 is 13.2 Å². The van der Waals surface area contributed by atoms with Gasteiger partial charge in [0.05, 0.1) is 29.2 Å². The number of likely N-dealkylation sites (N-methyl/N-ethyl adjacent to an activating group) is 1. The highest BCUT2D eigenvalue weighted by atomic mass is 32.2. The molecule has 0 N–H and O–H groups in total. The molecule has 0 radical (unpaired) electrons.